The Morgan fingerprint density at radius 2 is 1.38 bits per heavy atom. The minimum Gasteiger partial charge on any atom is -0.497 e. The van der Waals surface area contributed by atoms with Gasteiger partial charge >= 0.3 is 0 Å². The molecule has 1 spiro atoms. The number of rotatable bonds is 5. The predicted octanol–water partition coefficient (Wildman–Crippen LogP) is 12.5. The van der Waals surface area contributed by atoms with Crippen LogP contribution in [0.5, 0.6) is 23.0 Å². The molecule has 0 radical (unpaired) electrons. The van der Waals surface area contributed by atoms with Crippen LogP contribution >= 0.6 is 0 Å². The molecule has 1 saturated carbocycles. The highest BCUT2D eigenvalue weighted by Gasteiger charge is 2.53. The summed E-state index contributed by atoms with van der Waals surface area (Å²) < 4.78 is 31.9. The summed E-state index contributed by atoms with van der Waals surface area (Å²) in [4.78, 5) is 0. The lowest BCUT2D eigenvalue weighted by Gasteiger charge is -2.47. The molecule has 0 bridgehead atoms. The Morgan fingerprint density at radius 1 is 0.709 bits per heavy atom. The van der Waals surface area contributed by atoms with Gasteiger partial charge in [0, 0.05) is 43.7 Å². The molecule has 1 aromatic heterocycles. The molecule has 274 valence electrons. The summed E-state index contributed by atoms with van der Waals surface area (Å²) in [5.74, 6) is 3.09. The molecule has 1 unspecified atom stereocenters. The molecule has 0 saturated heterocycles. The maximum absolute atomic E-state index is 7.78. The van der Waals surface area contributed by atoms with Gasteiger partial charge in [-0.3, -0.25) is 0 Å². The molecule has 2 heterocycles. The lowest BCUT2D eigenvalue weighted by molar-refractivity contribution is 0.162. The van der Waals surface area contributed by atoms with Gasteiger partial charge in [0.1, 0.15) is 22.8 Å². The van der Waals surface area contributed by atoms with Crippen molar-refractivity contribution in [3.63, 3.8) is 0 Å². The van der Waals surface area contributed by atoms with Gasteiger partial charge in [0.25, 0.3) is 0 Å². The van der Waals surface area contributed by atoms with Crippen molar-refractivity contribution in [3.8, 4) is 34.1 Å². The minimum absolute atomic E-state index is 0.0728. The van der Waals surface area contributed by atoms with Crippen LogP contribution in [0.4, 0.5) is 0 Å². The fourth-order valence-corrected chi connectivity index (χ4v) is 10.4. The van der Waals surface area contributed by atoms with Crippen molar-refractivity contribution in [1.29, 1.82) is 0 Å². The van der Waals surface area contributed by atoms with Crippen LogP contribution < -0.4 is 18.9 Å². The molecule has 55 heavy (non-hydrogen) atoms. The van der Waals surface area contributed by atoms with Crippen LogP contribution in [0.3, 0.4) is 0 Å². The summed E-state index contributed by atoms with van der Waals surface area (Å²) >= 11 is 0. The van der Waals surface area contributed by atoms with Crippen LogP contribution in [0, 0.1) is 5.41 Å². The molecule has 1 atom stereocenters. The van der Waals surface area contributed by atoms with Gasteiger partial charge in [-0.25, -0.2) is 0 Å². The van der Waals surface area contributed by atoms with E-state index in [1.807, 2.05) is 36.4 Å². The quantitative estimate of drug-likeness (QED) is 0.165. The van der Waals surface area contributed by atoms with Gasteiger partial charge in [-0.15, -0.1) is 0 Å². The molecule has 5 nitrogen and oxygen atoms in total. The Kier molecular flexibility index (Phi) is 7.35. The third-order valence-electron chi connectivity index (χ3n) is 12.5. The average Bonchev–Trinajstić information content (AvgIpc) is 3.73. The van der Waals surface area contributed by atoms with Crippen LogP contribution in [-0.2, 0) is 11.0 Å². The van der Waals surface area contributed by atoms with E-state index in [0.717, 1.165) is 85.9 Å². The van der Waals surface area contributed by atoms with Gasteiger partial charge in [-0.1, -0.05) is 98.3 Å². The number of fused-ring (bicyclic) bond motifs is 14. The highest BCUT2D eigenvalue weighted by molar-refractivity contribution is 6.27. The number of hydrogen-bond acceptors (Lipinski definition) is 5. The van der Waals surface area contributed by atoms with Gasteiger partial charge in [0.2, 0.25) is 0 Å². The third kappa shape index (κ3) is 4.71. The summed E-state index contributed by atoms with van der Waals surface area (Å²) in [6.07, 6.45) is 10.0. The maximum atomic E-state index is 7.78. The molecule has 0 amide bonds. The second-order valence-electron chi connectivity index (χ2n) is 16.2. The molecule has 3 aliphatic rings. The fourth-order valence-electron chi connectivity index (χ4n) is 10.4. The Labute approximate surface area is 321 Å². The highest BCUT2D eigenvalue weighted by atomic mass is 16.5. The highest BCUT2D eigenvalue weighted by Crippen LogP contribution is 2.66. The molecule has 5 heteroatoms. The second kappa shape index (κ2) is 12.0. The average molecular weight is 725 g/mol. The number of benzene rings is 6. The van der Waals surface area contributed by atoms with Gasteiger partial charge in [0.05, 0.1) is 21.3 Å². The smallest absolute Gasteiger partial charge is 0.178 e. The number of furan rings is 1. The Hall–Kier alpha value is -5.94. The summed E-state index contributed by atoms with van der Waals surface area (Å²) in [6, 6.07) is 36.1. The van der Waals surface area contributed by atoms with E-state index in [4.69, 9.17) is 23.4 Å². The van der Waals surface area contributed by atoms with Crippen molar-refractivity contribution in [2.45, 2.75) is 51.0 Å². The van der Waals surface area contributed by atoms with Crippen molar-refractivity contribution in [1.82, 2.24) is 0 Å². The molecule has 6 aromatic carbocycles. The van der Waals surface area contributed by atoms with E-state index in [2.05, 4.69) is 106 Å². The first-order chi connectivity index (χ1) is 26.7. The summed E-state index contributed by atoms with van der Waals surface area (Å²) in [7, 11) is 5.11. The van der Waals surface area contributed by atoms with Gasteiger partial charge < -0.3 is 23.4 Å². The largest absolute Gasteiger partial charge is 0.497 e. The van der Waals surface area contributed by atoms with E-state index in [1.165, 1.54) is 27.8 Å². The van der Waals surface area contributed by atoms with E-state index in [-0.39, 0.29) is 10.8 Å². The van der Waals surface area contributed by atoms with Crippen LogP contribution in [0.15, 0.2) is 125 Å². The van der Waals surface area contributed by atoms with E-state index in [1.54, 1.807) is 21.3 Å². The van der Waals surface area contributed by atoms with Crippen molar-refractivity contribution in [3.05, 3.63) is 149 Å². The first-order valence-corrected chi connectivity index (χ1v) is 19.2. The van der Waals surface area contributed by atoms with Gasteiger partial charge in [0.15, 0.2) is 16.9 Å². The molecular formula is C50H44O5. The predicted molar refractivity (Wildman–Crippen MR) is 222 cm³/mol. The Bertz CT molecular complexity index is 2700. The Morgan fingerprint density at radius 3 is 2.05 bits per heavy atom. The number of para-hydroxylation sites is 1. The van der Waals surface area contributed by atoms with Crippen molar-refractivity contribution in [2.24, 2.45) is 5.41 Å². The zero-order chi connectivity index (χ0) is 37.7. The van der Waals surface area contributed by atoms with Crippen LogP contribution in [0.1, 0.15) is 67.9 Å². The van der Waals surface area contributed by atoms with Gasteiger partial charge in [-0.2, -0.15) is 0 Å². The maximum Gasteiger partial charge on any atom is 0.178 e. The molecule has 0 N–H and O–H groups in total. The minimum atomic E-state index is -0.966. The lowest BCUT2D eigenvalue weighted by Crippen LogP contribution is -2.39. The first kappa shape index (κ1) is 33.6. The monoisotopic (exact) mass is 724 g/mol. The molecule has 7 aromatic rings. The molecular weight excluding hydrogens is 681 g/mol. The topological polar surface area (TPSA) is 50.1 Å². The van der Waals surface area contributed by atoms with E-state index < -0.39 is 5.60 Å². The lowest BCUT2D eigenvalue weighted by atomic mass is 9.57. The van der Waals surface area contributed by atoms with Crippen LogP contribution in [0.2, 0.25) is 0 Å². The summed E-state index contributed by atoms with van der Waals surface area (Å²) in [5, 5.41) is 4.24. The van der Waals surface area contributed by atoms with Crippen LogP contribution in [0.25, 0.3) is 49.9 Å². The SMILES string of the molecule is C/C=C1\CC(C)(C)CC2(C1)c1ccccc1-c1c2c2c(c3cc(OC)c4oc5ccccc5c4c13)OC(c1ccc(OC)cc1)(c1ccc(OC)cc1)C=C2. The Balaban J connectivity index is 1.39. The van der Waals surface area contributed by atoms with E-state index in [0.29, 0.717) is 5.75 Å². The van der Waals surface area contributed by atoms with E-state index in [9.17, 15) is 0 Å². The number of hydrogen-bond donors (Lipinski definition) is 0. The van der Waals surface area contributed by atoms with Crippen molar-refractivity contribution < 1.29 is 23.4 Å². The normalized spacial score (nSPS) is 19.7. The van der Waals surface area contributed by atoms with Gasteiger partial charge in [-0.05, 0) is 96.3 Å². The summed E-state index contributed by atoms with van der Waals surface area (Å²) in [6.45, 7) is 7.07. The zero-order valence-electron chi connectivity index (χ0n) is 32.2. The van der Waals surface area contributed by atoms with Crippen molar-refractivity contribution >= 4 is 38.8 Å². The second-order valence-corrected chi connectivity index (χ2v) is 16.2. The van der Waals surface area contributed by atoms with E-state index >= 15 is 0 Å². The third-order valence-corrected chi connectivity index (χ3v) is 12.5. The zero-order valence-corrected chi connectivity index (χ0v) is 32.2. The molecule has 1 aliphatic heterocycles. The summed E-state index contributed by atoms with van der Waals surface area (Å²) in [5.41, 5.74) is 10.3. The number of ether oxygens (including phenoxy) is 4. The molecule has 10 rings (SSSR count). The molecule has 1 fully saturated rings. The fraction of sp³-hybridized carbons (Fsp3) is 0.240. The first-order valence-electron chi connectivity index (χ1n) is 19.2. The number of allylic oxidation sites excluding steroid dienone is 2. The van der Waals surface area contributed by atoms with Crippen LogP contribution in [-0.4, -0.2) is 21.3 Å². The standard InChI is InChI=1S/C50H44O5/c1-7-30-27-48(2,3)29-49(28-30)39-14-10-8-12-35(39)43-42-38(26-41(53-6)47-44(42)36-13-9-11-15-40(36)54-47)46-37(45(43)49)24-25-50(55-46,31-16-20-33(51-4)21-17-31)32-18-22-34(52-5)23-19-32/h7-26H,27-29H2,1-6H3/b30-7+. The number of methoxy groups -OCH3 is 3. The molecule has 2 aliphatic carbocycles. The van der Waals surface area contributed by atoms with Crippen molar-refractivity contribution in [2.75, 3.05) is 21.3 Å².